The van der Waals surface area contributed by atoms with E-state index in [1.165, 1.54) is 0 Å². The number of hydrogen-bond acceptors (Lipinski definition) is 3. The molecule has 4 heteroatoms. The Morgan fingerprint density at radius 2 is 2.29 bits per heavy atom. The molecule has 1 N–H and O–H groups in total. The molecule has 0 aromatic heterocycles. The molecule has 14 heavy (non-hydrogen) atoms. The summed E-state index contributed by atoms with van der Waals surface area (Å²) in [5.74, 6) is 2.53. The Hall–Kier alpha value is -0.190. The maximum absolute atomic E-state index is 8.66. The fourth-order valence-electron chi connectivity index (χ4n) is 1.11. The van der Waals surface area contributed by atoms with Crippen molar-refractivity contribution in [3.8, 4) is 5.75 Å². The van der Waals surface area contributed by atoms with Crippen molar-refractivity contribution in [1.29, 1.82) is 0 Å². The minimum Gasteiger partial charge on any atom is -0.496 e. The zero-order valence-electron chi connectivity index (χ0n) is 8.00. The Morgan fingerprint density at radius 1 is 1.50 bits per heavy atom. The van der Waals surface area contributed by atoms with Crippen LogP contribution in [0.1, 0.15) is 5.56 Å². The Labute approximate surface area is 96.8 Å². The van der Waals surface area contributed by atoms with Crippen molar-refractivity contribution in [1.82, 2.24) is 0 Å². The van der Waals surface area contributed by atoms with E-state index in [1.54, 1.807) is 18.9 Å². The molecule has 1 aromatic carbocycles. The zero-order chi connectivity index (χ0) is 10.4. The van der Waals surface area contributed by atoms with Crippen molar-refractivity contribution in [2.24, 2.45) is 0 Å². The van der Waals surface area contributed by atoms with Crippen LogP contribution in [0, 0.1) is 0 Å². The third-order valence-corrected chi connectivity index (χ3v) is 3.22. The first-order valence-corrected chi connectivity index (χ1v) is 6.23. The Morgan fingerprint density at radius 3 is 2.93 bits per heavy atom. The second-order valence-electron chi connectivity index (χ2n) is 2.73. The fourth-order valence-corrected chi connectivity index (χ4v) is 2.23. The first-order chi connectivity index (χ1) is 6.77. The third kappa shape index (κ3) is 3.52. The molecule has 0 unspecified atom stereocenters. The van der Waals surface area contributed by atoms with Crippen LogP contribution in [0.25, 0.3) is 0 Å². The predicted octanol–water partition coefficient (Wildman–Crippen LogP) is 2.68. The molecule has 1 rings (SSSR count). The van der Waals surface area contributed by atoms with E-state index in [4.69, 9.17) is 9.84 Å². The van der Waals surface area contributed by atoms with E-state index in [1.807, 2.05) is 18.2 Å². The lowest BCUT2D eigenvalue weighted by atomic mass is 10.2. The van der Waals surface area contributed by atoms with Crippen molar-refractivity contribution < 1.29 is 9.84 Å². The van der Waals surface area contributed by atoms with Gasteiger partial charge in [0.1, 0.15) is 5.75 Å². The highest BCUT2D eigenvalue weighted by Gasteiger charge is 2.03. The van der Waals surface area contributed by atoms with E-state index in [0.29, 0.717) is 0 Å². The average Bonchev–Trinajstić information content (AvgIpc) is 2.19. The molecule has 0 amide bonds. The van der Waals surface area contributed by atoms with Gasteiger partial charge in [0.05, 0.1) is 13.7 Å². The molecule has 0 bridgehead atoms. The normalized spacial score (nSPS) is 10.2. The molecule has 2 nitrogen and oxygen atoms in total. The number of ether oxygens (including phenoxy) is 1. The topological polar surface area (TPSA) is 29.5 Å². The van der Waals surface area contributed by atoms with E-state index in [9.17, 15) is 0 Å². The highest BCUT2D eigenvalue weighted by Crippen LogP contribution is 2.26. The maximum atomic E-state index is 8.66. The quantitative estimate of drug-likeness (QED) is 0.839. The lowest BCUT2D eigenvalue weighted by Gasteiger charge is -2.08. The van der Waals surface area contributed by atoms with Gasteiger partial charge in [0.15, 0.2) is 0 Å². The Balaban J connectivity index is 2.67. The summed E-state index contributed by atoms with van der Waals surface area (Å²) >= 11 is 5.11. The van der Waals surface area contributed by atoms with Crippen molar-refractivity contribution in [2.75, 3.05) is 19.5 Å². The summed E-state index contributed by atoms with van der Waals surface area (Å²) in [6.07, 6.45) is 0. The number of aliphatic hydroxyl groups excluding tert-OH is 1. The molecule has 0 radical (unpaired) electrons. The first-order valence-electron chi connectivity index (χ1n) is 4.29. The van der Waals surface area contributed by atoms with Gasteiger partial charge >= 0.3 is 0 Å². The second-order valence-corrected chi connectivity index (χ2v) is 4.75. The summed E-state index contributed by atoms with van der Waals surface area (Å²) in [5, 5.41) is 8.66. The monoisotopic (exact) mass is 276 g/mol. The highest BCUT2D eigenvalue weighted by molar-refractivity contribution is 9.10. The molecule has 0 fully saturated rings. The van der Waals surface area contributed by atoms with Gasteiger partial charge in [-0.2, -0.15) is 11.8 Å². The summed E-state index contributed by atoms with van der Waals surface area (Å²) < 4.78 is 6.29. The third-order valence-electron chi connectivity index (χ3n) is 1.74. The molecule has 0 saturated carbocycles. The van der Waals surface area contributed by atoms with Crippen molar-refractivity contribution in [2.45, 2.75) is 5.75 Å². The number of thioether (sulfide) groups is 1. The van der Waals surface area contributed by atoms with Gasteiger partial charge < -0.3 is 9.84 Å². The highest BCUT2D eigenvalue weighted by atomic mass is 79.9. The van der Waals surface area contributed by atoms with Gasteiger partial charge in [-0.15, -0.1) is 0 Å². The van der Waals surface area contributed by atoms with Crippen molar-refractivity contribution >= 4 is 27.7 Å². The van der Waals surface area contributed by atoms with E-state index in [2.05, 4.69) is 15.9 Å². The minimum absolute atomic E-state index is 0.223. The SMILES string of the molecule is COc1ccc(Br)cc1CSCCO. The average molecular weight is 277 g/mol. The second kappa shape index (κ2) is 6.32. The van der Waals surface area contributed by atoms with Gasteiger partial charge in [0, 0.05) is 21.5 Å². The van der Waals surface area contributed by atoms with Gasteiger partial charge in [-0.25, -0.2) is 0 Å². The molecular weight excluding hydrogens is 264 g/mol. The standard InChI is InChI=1S/C10H13BrO2S/c1-13-10-3-2-9(11)6-8(10)7-14-5-4-12/h2-3,6,12H,4-5,7H2,1H3. The summed E-state index contributed by atoms with van der Waals surface area (Å²) in [6.45, 7) is 0.223. The van der Waals surface area contributed by atoms with Crippen LogP contribution in [0.4, 0.5) is 0 Å². The largest absolute Gasteiger partial charge is 0.496 e. The lowest BCUT2D eigenvalue weighted by molar-refractivity contribution is 0.322. The molecule has 78 valence electrons. The van der Waals surface area contributed by atoms with Crippen LogP contribution < -0.4 is 4.74 Å². The van der Waals surface area contributed by atoms with E-state index >= 15 is 0 Å². The van der Waals surface area contributed by atoms with E-state index < -0.39 is 0 Å². The van der Waals surface area contributed by atoms with Crippen LogP contribution in [-0.2, 0) is 5.75 Å². The number of hydrogen-bond donors (Lipinski definition) is 1. The maximum Gasteiger partial charge on any atom is 0.122 e. The molecule has 0 saturated heterocycles. The molecule has 0 aliphatic carbocycles. The molecule has 0 spiro atoms. The minimum atomic E-state index is 0.223. The first kappa shape index (κ1) is 11.9. The van der Waals surface area contributed by atoms with Gasteiger partial charge in [-0.3, -0.25) is 0 Å². The number of rotatable bonds is 5. The van der Waals surface area contributed by atoms with E-state index in [0.717, 1.165) is 27.3 Å². The molecule has 1 aromatic rings. The smallest absolute Gasteiger partial charge is 0.122 e. The molecule has 0 aliphatic rings. The number of methoxy groups -OCH3 is 1. The van der Waals surface area contributed by atoms with Gasteiger partial charge in [-0.05, 0) is 18.2 Å². The van der Waals surface area contributed by atoms with Crippen LogP contribution in [0.2, 0.25) is 0 Å². The number of benzene rings is 1. The summed E-state index contributed by atoms with van der Waals surface area (Å²) in [6, 6.07) is 5.95. The lowest BCUT2D eigenvalue weighted by Crippen LogP contribution is -1.92. The molecule has 0 aliphatic heterocycles. The summed E-state index contributed by atoms with van der Waals surface area (Å²) in [7, 11) is 1.67. The van der Waals surface area contributed by atoms with Crippen molar-refractivity contribution in [3.63, 3.8) is 0 Å². The van der Waals surface area contributed by atoms with E-state index in [-0.39, 0.29) is 6.61 Å². The van der Waals surface area contributed by atoms with Gasteiger partial charge in [0.2, 0.25) is 0 Å². The Kier molecular flexibility index (Phi) is 5.37. The van der Waals surface area contributed by atoms with Gasteiger partial charge in [0.25, 0.3) is 0 Å². The summed E-state index contributed by atoms with van der Waals surface area (Å²) in [4.78, 5) is 0. The zero-order valence-corrected chi connectivity index (χ0v) is 10.4. The van der Waals surface area contributed by atoms with Crippen LogP contribution >= 0.6 is 27.7 Å². The number of aliphatic hydroxyl groups is 1. The van der Waals surface area contributed by atoms with Gasteiger partial charge in [-0.1, -0.05) is 15.9 Å². The van der Waals surface area contributed by atoms with Crippen LogP contribution in [0.3, 0.4) is 0 Å². The molecule has 0 atom stereocenters. The molecule has 0 heterocycles. The van der Waals surface area contributed by atoms with Crippen molar-refractivity contribution in [3.05, 3.63) is 28.2 Å². The Bertz CT molecular complexity index is 291. The molecular formula is C10H13BrO2S. The fraction of sp³-hybridized carbons (Fsp3) is 0.400. The van der Waals surface area contributed by atoms with Crippen LogP contribution in [0.5, 0.6) is 5.75 Å². The predicted molar refractivity (Wildman–Crippen MR) is 63.9 cm³/mol. The van der Waals surface area contributed by atoms with Crippen LogP contribution in [-0.4, -0.2) is 24.6 Å². The van der Waals surface area contributed by atoms with Crippen LogP contribution in [0.15, 0.2) is 22.7 Å². The summed E-state index contributed by atoms with van der Waals surface area (Å²) in [5.41, 5.74) is 1.15. The number of halogens is 1.